The molecule has 0 aliphatic carbocycles. The van der Waals surface area contributed by atoms with Gasteiger partial charge in [0.15, 0.2) is 0 Å². The Labute approximate surface area is 239 Å². The lowest BCUT2D eigenvalue weighted by Gasteiger charge is -2.31. The molecule has 3 N–H and O–H groups in total. The fraction of sp³-hybridized carbons (Fsp3) is 0.516. The average Bonchev–Trinajstić information content (AvgIpc) is 2.88. The van der Waals surface area contributed by atoms with Gasteiger partial charge in [0.05, 0.1) is 24.3 Å². The molecule has 1 atom stereocenters. The number of carbonyl (C=O) groups excluding carboxylic acids is 3. The van der Waals surface area contributed by atoms with E-state index in [1.807, 2.05) is 56.3 Å². The second kappa shape index (κ2) is 16.5. The largest absolute Gasteiger partial charge is 0.428 e. The third-order valence-corrected chi connectivity index (χ3v) is 6.23. The van der Waals surface area contributed by atoms with Gasteiger partial charge in [-0.1, -0.05) is 58.4 Å². The first-order valence-electron chi connectivity index (χ1n) is 14.0. The third-order valence-electron chi connectivity index (χ3n) is 6.23. The van der Waals surface area contributed by atoms with Gasteiger partial charge in [-0.3, -0.25) is 9.59 Å². The molecule has 2 amide bonds. The van der Waals surface area contributed by atoms with Crippen LogP contribution < -0.4 is 20.9 Å². The predicted molar refractivity (Wildman–Crippen MR) is 161 cm³/mol. The van der Waals surface area contributed by atoms with Gasteiger partial charge in [0.25, 0.3) is 0 Å². The van der Waals surface area contributed by atoms with Gasteiger partial charge in [0.1, 0.15) is 0 Å². The molecule has 1 unspecified atom stereocenters. The zero-order valence-electron chi connectivity index (χ0n) is 25.0. The molecule has 2 aromatic carbocycles. The molecule has 220 valence electrons. The van der Waals surface area contributed by atoms with Crippen LogP contribution in [0.25, 0.3) is 0 Å². The number of hydrogen-bond acceptors (Lipinski definition) is 7. The number of urea groups is 1. The van der Waals surface area contributed by atoms with Crippen molar-refractivity contribution in [1.82, 2.24) is 5.32 Å². The Morgan fingerprint density at radius 2 is 1.50 bits per heavy atom. The third kappa shape index (κ3) is 11.3. The van der Waals surface area contributed by atoms with Crippen LogP contribution in [0.1, 0.15) is 64.5 Å². The lowest BCUT2D eigenvalue weighted by Crippen LogP contribution is -2.32. The van der Waals surface area contributed by atoms with Crippen molar-refractivity contribution in [2.75, 3.05) is 49.0 Å². The van der Waals surface area contributed by atoms with Gasteiger partial charge < -0.3 is 30.3 Å². The van der Waals surface area contributed by atoms with Crippen molar-refractivity contribution in [3.63, 3.8) is 0 Å². The number of likely N-dealkylation sites (N-methyl/N-ethyl adjacent to an activating group) is 1. The van der Waals surface area contributed by atoms with E-state index in [2.05, 4.69) is 48.5 Å². The number of hydrogen-bond donors (Lipinski definition) is 3. The van der Waals surface area contributed by atoms with Gasteiger partial charge in [0, 0.05) is 18.8 Å². The van der Waals surface area contributed by atoms with E-state index in [0.29, 0.717) is 29.6 Å². The molecule has 40 heavy (non-hydrogen) atoms. The molecule has 0 aliphatic heterocycles. The summed E-state index contributed by atoms with van der Waals surface area (Å²) in [6.45, 7) is 14.0. The SMILES string of the molecule is CCC(CC(=O)OCOC(=O)CNC)c1ccc(N(CC(C)C)CC(C)C)c(NC(=O)Nc2ccc(C)cc2)c1. The molecule has 2 rings (SSSR count). The van der Waals surface area contributed by atoms with Crippen molar-refractivity contribution < 1.29 is 23.9 Å². The van der Waals surface area contributed by atoms with E-state index >= 15 is 0 Å². The fourth-order valence-corrected chi connectivity index (χ4v) is 4.37. The van der Waals surface area contributed by atoms with E-state index in [1.54, 1.807) is 7.05 Å². The van der Waals surface area contributed by atoms with E-state index in [-0.39, 0.29) is 24.9 Å². The van der Waals surface area contributed by atoms with Gasteiger partial charge in [-0.2, -0.15) is 0 Å². The maximum atomic E-state index is 13.1. The highest BCUT2D eigenvalue weighted by Crippen LogP contribution is 2.34. The molecule has 0 heterocycles. The van der Waals surface area contributed by atoms with Crippen LogP contribution in [0, 0.1) is 18.8 Å². The summed E-state index contributed by atoms with van der Waals surface area (Å²) in [5, 5.41) is 8.66. The van der Waals surface area contributed by atoms with E-state index in [4.69, 9.17) is 9.47 Å². The highest BCUT2D eigenvalue weighted by atomic mass is 16.7. The summed E-state index contributed by atoms with van der Waals surface area (Å²) in [7, 11) is 1.63. The predicted octanol–water partition coefficient (Wildman–Crippen LogP) is 5.90. The zero-order valence-corrected chi connectivity index (χ0v) is 25.0. The van der Waals surface area contributed by atoms with Crippen molar-refractivity contribution in [3.8, 4) is 0 Å². The maximum Gasteiger partial charge on any atom is 0.323 e. The number of carbonyl (C=O) groups is 3. The van der Waals surface area contributed by atoms with Crippen LogP contribution in [0.4, 0.5) is 21.9 Å². The minimum absolute atomic E-state index is 0.0411. The van der Waals surface area contributed by atoms with Crippen molar-refractivity contribution in [1.29, 1.82) is 0 Å². The maximum absolute atomic E-state index is 13.1. The highest BCUT2D eigenvalue weighted by molar-refractivity contribution is 6.02. The quantitative estimate of drug-likeness (QED) is 0.186. The number of rotatable bonds is 15. The topological polar surface area (TPSA) is 109 Å². The summed E-state index contributed by atoms with van der Waals surface area (Å²) < 4.78 is 10.0. The second-order valence-electron chi connectivity index (χ2n) is 10.9. The van der Waals surface area contributed by atoms with Crippen molar-refractivity contribution in [2.45, 2.75) is 60.3 Å². The van der Waals surface area contributed by atoms with Gasteiger partial charge in [-0.05, 0) is 68.0 Å². The summed E-state index contributed by atoms with van der Waals surface area (Å²) in [6.07, 6.45) is 0.806. The van der Waals surface area contributed by atoms with Gasteiger partial charge >= 0.3 is 18.0 Å². The van der Waals surface area contributed by atoms with Gasteiger partial charge in [0.2, 0.25) is 6.79 Å². The van der Waals surface area contributed by atoms with Crippen LogP contribution in [0.5, 0.6) is 0 Å². The standard InChI is InChI=1S/C31H46N4O5/c1-8-24(16-29(36)39-20-40-30(37)17-32-7)25-11-14-28(35(18-21(2)3)19-22(4)5)27(15-25)34-31(38)33-26-12-9-23(6)10-13-26/h9-15,21-22,24,32H,8,16-20H2,1-7H3,(H2,33,34,38). The summed E-state index contributed by atoms with van der Waals surface area (Å²) in [5.41, 5.74) is 4.33. The average molecular weight is 555 g/mol. The van der Waals surface area contributed by atoms with Crippen molar-refractivity contribution in [2.24, 2.45) is 11.8 Å². The molecule has 0 bridgehead atoms. The molecular formula is C31H46N4O5. The number of nitrogens with zero attached hydrogens (tertiary/aromatic N) is 1. The van der Waals surface area contributed by atoms with E-state index < -0.39 is 18.7 Å². The fourth-order valence-electron chi connectivity index (χ4n) is 4.37. The molecule has 0 aromatic heterocycles. The Morgan fingerprint density at radius 3 is 2.08 bits per heavy atom. The minimum Gasteiger partial charge on any atom is -0.428 e. The Kier molecular flexibility index (Phi) is 13.5. The van der Waals surface area contributed by atoms with Crippen molar-refractivity contribution in [3.05, 3.63) is 53.6 Å². The molecule has 9 nitrogen and oxygen atoms in total. The number of benzene rings is 2. The second-order valence-corrected chi connectivity index (χ2v) is 10.9. The lowest BCUT2D eigenvalue weighted by atomic mass is 9.92. The molecule has 0 saturated heterocycles. The Bertz CT molecular complexity index is 1090. The smallest absolute Gasteiger partial charge is 0.323 e. The molecule has 2 aromatic rings. The first-order chi connectivity index (χ1) is 19.0. The molecule has 0 fully saturated rings. The van der Waals surface area contributed by atoms with Crippen LogP contribution >= 0.6 is 0 Å². The number of amides is 2. The number of ether oxygens (including phenoxy) is 2. The molecule has 9 heteroatoms. The monoisotopic (exact) mass is 554 g/mol. The van der Waals surface area contributed by atoms with Crippen LogP contribution in [-0.4, -0.2) is 51.4 Å². The van der Waals surface area contributed by atoms with Crippen LogP contribution in [0.15, 0.2) is 42.5 Å². The lowest BCUT2D eigenvalue weighted by molar-refractivity contribution is -0.166. The molecule has 0 saturated carbocycles. The van der Waals surface area contributed by atoms with Crippen LogP contribution in [0.2, 0.25) is 0 Å². The van der Waals surface area contributed by atoms with E-state index in [0.717, 1.165) is 29.9 Å². The first-order valence-corrected chi connectivity index (χ1v) is 14.0. The number of aryl methyl sites for hydroxylation is 1. The van der Waals surface area contributed by atoms with Crippen LogP contribution in [0.3, 0.4) is 0 Å². The van der Waals surface area contributed by atoms with Crippen molar-refractivity contribution >= 4 is 35.0 Å². The molecule has 0 spiro atoms. The van der Waals surface area contributed by atoms with Gasteiger partial charge in [-0.25, -0.2) is 4.79 Å². The highest BCUT2D eigenvalue weighted by Gasteiger charge is 2.21. The summed E-state index contributed by atoms with van der Waals surface area (Å²) in [6, 6.07) is 13.3. The summed E-state index contributed by atoms with van der Waals surface area (Å²) in [4.78, 5) is 39.4. The number of anilines is 3. The molecular weight excluding hydrogens is 508 g/mol. The Balaban J connectivity index is 2.29. The number of esters is 2. The summed E-state index contributed by atoms with van der Waals surface area (Å²) >= 11 is 0. The minimum atomic E-state index is -0.495. The Morgan fingerprint density at radius 1 is 0.875 bits per heavy atom. The van der Waals surface area contributed by atoms with Crippen LogP contribution in [-0.2, 0) is 19.1 Å². The van der Waals surface area contributed by atoms with E-state index in [1.165, 1.54) is 0 Å². The normalized spacial score (nSPS) is 11.7. The Hall–Kier alpha value is -3.59. The molecule has 0 aliphatic rings. The van der Waals surface area contributed by atoms with Gasteiger partial charge in [-0.15, -0.1) is 0 Å². The summed E-state index contributed by atoms with van der Waals surface area (Å²) in [5.74, 6) is -0.245. The zero-order chi connectivity index (χ0) is 29.7. The number of nitrogens with one attached hydrogen (secondary N) is 3. The first kappa shape index (κ1) is 32.6. The molecule has 0 radical (unpaired) electrons. The van der Waals surface area contributed by atoms with E-state index in [9.17, 15) is 14.4 Å².